The lowest BCUT2D eigenvalue weighted by atomic mass is 9.77. The van der Waals surface area contributed by atoms with E-state index in [0.29, 0.717) is 5.03 Å². The highest BCUT2D eigenvalue weighted by Crippen LogP contribution is 2.36. The summed E-state index contributed by atoms with van der Waals surface area (Å²) in [5.41, 5.74) is 1.15. The second-order valence-corrected chi connectivity index (χ2v) is 7.25. The van der Waals surface area contributed by atoms with E-state index in [0.717, 1.165) is 11.0 Å². The summed E-state index contributed by atoms with van der Waals surface area (Å²) in [6.07, 6.45) is 3.32. The summed E-state index contributed by atoms with van der Waals surface area (Å²) in [7, 11) is -1.49. The number of aromatic nitrogens is 1. The minimum Gasteiger partial charge on any atom is -0.399 e. The number of aryl methyl sites for hydroxylation is 1. The Morgan fingerprint density at radius 3 is 2.16 bits per heavy atom. The maximum atomic E-state index is 11.4. The molecule has 4 nitrogen and oxygen atoms in total. The molecule has 1 aromatic rings. The minimum absolute atomic E-state index is 0.365. The molecule has 1 atom stereocenters. The molecule has 1 aliphatic heterocycles. The van der Waals surface area contributed by atoms with Crippen LogP contribution < -0.4 is 5.46 Å². The van der Waals surface area contributed by atoms with Crippen LogP contribution >= 0.6 is 0 Å². The van der Waals surface area contributed by atoms with Gasteiger partial charge in [0.1, 0.15) is 5.03 Å². The highest BCUT2D eigenvalue weighted by molar-refractivity contribution is 7.84. The van der Waals surface area contributed by atoms with Gasteiger partial charge in [0.15, 0.2) is 0 Å². The minimum atomic E-state index is -1.07. The summed E-state index contributed by atoms with van der Waals surface area (Å²) in [4.78, 5) is 4.22. The SMILES string of the molecule is Cc1cc(S(C)=O)ncc1B1OC(C)(C)C(C)(C)O1. The van der Waals surface area contributed by atoms with Crippen LogP contribution in [0.5, 0.6) is 0 Å². The van der Waals surface area contributed by atoms with Gasteiger partial charge in [-0.2, -0.15) is 0 Å². The van der Waals surface area contributed by atoms with Crippen LogP contribution in [0.1, 0.15) is 33.3 Å². The third kappa shape index (κ3) is 2.62. The van der Waals surface area contributed by atoms with Gasteiger partial charge in [-0.05, 0) is 46.2 Å². The molecule has 2 rings (SSSR count). The maximum Gasteiger partial charge on any atom is 0.496 e. The van der Waals surface area contributed by atoms with Gasteiger partial charge in [0, 0.05) is 17.9 Å². The van der Waals surface area contributed by atoms with E-state index in [1.807, 2.05) is 40.7 Å². The van der Waals surface area contributed by atoms with E-state index in [2.05, 4.69) is 4.98 Å². The van der Waals surface area contributed by atoms with Crippen LogP contribution in [0.3, 0.4) is 0 Å². The lowest BCUT2D eigenvalue weighted by molar-refractivity contribution is 0.00578. The van der Waals surface area contributed by atoms with Crippen LogP contribution in [0.25, 0.3) is 0 Å². The maximum absolute atomic E-state index is 11.4. The van der Waals surface area contributed by atoms with Gasteiger partial charge in [-0.1, -0.05) is 0 Å². The number of nitrogens with zero attached hydrogens (tertiary/aromatic N) is 1. The second-order valence-electron chi connectivity index (χ2n) is 5.92. The fourth-order valence-corrected chi connectivity index (χ4v) is 2.46. The molecule has 1 aromatic heterocycles. The normalized spacial score (nSPS) is 22.5. The van der Waals surface area contributed by atoms with Crippen molar-refractivity contribution in [1.29, 1.82) is 0 Å². The highest BCUT2D eigenvalue weighted by atomic mass is 32.2. The lowest BCUT2D eigenvalue weighted by Crippen LogP contribution is -2.41. The third-order valence-corrected chi connectivity index (χ3v) is 4.74. The third-order valence-electron chi connectivity index (χ3n) is 3.93. The number of hydrogen-bond donors (Lipinski definition) is 0. The Morgan fingerprint density at radius 1 is 1.21 bits per heavy atom. The van der Waals surface area contributed by atoms with Crippen molar-refractivity contribution in [3.8, 4) is 0 Å². The number of rotatable bonds is 2. The van der Waals surface area contributed by atoms with Crippen molar-refractivity contribution < 1.29 is 13.5 Å². The summed E-state index contributed by atoms with van der Waals surface area (Å²) >= 11 is 0. The molecule has 1 aliphatic rings. The summed E-state index contributed by atoms with van der Waals surface area (Å²) in [6.45, 7) is 10.0. The van der Waals surface area contributed by atoms with E-state index in [1.54, 1.807) is 12.5 Å². The Balaban J connectivity index is 2.33. The summed E-state index contributed by atoms with van der Waals surface area (Å²) in [5.74, 6) is 0. The molecule has 1 saturated heterocycles. The van der Waals surface area contributed by atoms with E-state index in [9.17, 15) is 4.21 Å². The zero-order valence-electron chi connectivity index (χ0n) is 12.3. The second kappa shape index (κ2) is 4.68. The first-order valence-corrected chi connectivity index (χ1v) is 7.85. The van der Waals surface area contributed by atoms with E-state index in [-0.39, 0.29) is 11.2 Å². The first-order chi connectivity index (χ1) is 8.64. The van der Waals surface area contributed by atoms with Crippen molar-refractivity contribution in [3.63, 3.8) is 0 Å². The molecule has 0 aliphatic carbocycles. The Labute approximate surface area is 117 Å². The Bertz CT molecular complexity index is 515. The average Bonchev–Trinajstić information content (AvgIpc) is 2.47. The van der Waals surface area contributed by atoms with Crippen LogP contribution in [0.2, 0.25) is 0 Å². The molecule has 19 heavy (non-hydrogen) atoms. The predicted octanol–water partition coefficient (Wildman–Crippen LogP) is 1.43. The van der Waals surface area contributed by atoms with E-state index < -0.39 is 17.9 Å². The molecule has 0 aromatic carbocycles. The largest absolute Gasteiger partial charge is 0.496 e. The standard InChI is InChI=1S/C13H20BNO3S/c1-9-7-11(19(6)16)15-8-10(9)14-17-12(2,3)13(4,5)18-14/h7-8H,1-6H3. The number of hydrogen-bond acceptors (Lipinski definition) is 4. The Kier molecular flexibility index (Phi) is 3.62. The van der Waals surface area contributed by atoms with Crippen molar-refractivity contribution in [2.45, 2.75) is 50.8 Å². The Hall–Kier alpha value is -0.715. The molecule has 0 spiro atoms. The van der Waals surface area contributed by atoms with Crippen LogP contribution in [-0.2, 0) is 20.1 Å². The smallest absolute Gasteiger partial charge is 0.399 e. The van der Waals surface area contributed by atoms with Crippen LogP contribution in [-0.4, -0.2) is 33.8 Å². The van der Waals surface area contributed by atoms with Crippen molar-refractivity contribution >= 4 is 23.4 Å². The zero-order chi connectivity index (χ0) is 14.4. The quantitative estimate of drug-likeness (QED) is 0.769. The lowest BCUT2D eigenvalue weighted by Gasteiger charge is -2.32. The van der Waals surface area contributed by atoms with Gasteiger partial charge in [-0.3, -0.25) is 4.21 Å². The van der Waals surface area contributed by atoms with Gasteiger partial charge in [0.05, 0.1) is 22.0 Å². The van der Waals surface area contributed by atoms with E-state index >= 15 is 0 Å². The van der Waals surface area contributed by atoms with E-state index in [4.69, 9.17) is 9.31 Å². The van der Waals surface area contributed by atoms with Gasteiger partial charge >= 0.3 is 7.12 Å². The Morgan fingerprint density at radius 2 is 1.74 bits per heavy atom. The van der Waals surface area contributed by atoms with E-state index in [1.165, 1.54) is 0 Å². The summed E-state index contributed by atoms with van der Waals surface area (Å²) in [5, 5.41) is 0.581. The summed E-state index contributed by atoms with van der Waals surface area (Å²) < 4.78 is 23.4. The van der Waals surface area contributed by atoms with Gasteiger partial charge in [-0.25, -0.2) is 4.98 Å². The van der Waals surface area contributed by atoms with Gasteiger partial charge in [-0.15, -0.1) is 0 Å². The van der Waals surface area contributed by atoms with Crippen molar-refractivity contribution in [1.82, 2.24) is 4.98 Å². The molecule has 1 unspecified atom stereocenters. The zero-order valence-corrected chi connectivity index (χ0v) is 13.1. The van der Waals surface area contributed by atoms with Crippen LogP contribution in [0.15, 0.2) is 17.3 Å². The van der Waals surface area contributed by atoms with Crippen molar-refractivity contribution in [2.24, 2.45) is 0 Å². The van der Waals surface area contributed by atoms with Crippen molar-refractivity contribution in [2.75, 3.05) is 6.26 Å². The molecular formula is C13H20BNO3S. The van der Waals surface area contributed by atoms with Gasteiger partial charge in [0.2, 0.25) is 0 Å². The first kappa shape index (κ1) is 14.7. The first-order valence-electron chi connectivity index (χ1n) is 6.30. The fourth-order valence-electron chi connectivity index (χ4n) is 1.91. The van der Waals surface area contributed by atoms with Crippen LogP contribution in [0, 0.1) is 6.92 Å². The molecule has 0 saturated carbocycles. The highest BCUT2D eigenvalue weighted by Gasteiger charge is 2.52. The molecular weight excluding hydrogens is 261 g/mol. The molecule has 1 fully saturated rings. The van der Waals surface area contributed by atoms with Gasteiger partial charge < -0.3 is 9.31 Å². The summed E-state index contributed by atoms with van der Waals surface area (Å²) in [6, 6.07) is 1.83. The van der Waals surface area contributed by atoms with Crippen molar-refractivity contribution in [3.05, 3.63) is 17.8 Å². The fraction of sp³-hybridized carbons (Fsp3) is 0.615. The molecule has 0 radical (unpaired) electrons. The number of pyridine rings is 1. The monoisotopic (exact) mass is 281 g/mol. The van der Waals surface area contributed by atoms with Crippen LogP contribution in [0.4, 0.5) is 0 Å². The molecule has 104 valence electrons. The predicted molar refractivity (Wildman–Crippen MR) is 77.0 cm³/mol. The molecule has 0 N–H and O–H groups in total. The topological polar surface area (TPSA) is 48.4 Å². The van der Waals surface area contributed by atoms with Gasteiger partial charge in [0.25, 0.3) is 0 Å². The molecule has 2 heterocycles. The molecule has 6 heteroatoms. The molecule has 0 bridgehead atoms. The average molecular weight is 281 g/mol. The molecule has 0 amide bonds.